The molecule has 5 heteroatoms. The second-order valence-corrected chi connectivity index (χ2v) is 3.42. The fourth-order valence-corrected chi connectivity index (χ4v) is 1.48. The van der Waals surface area contributed by atoms with Crippen LogP contribution in [0.25, 0.3) is 0 Å². The maximum Gasteiger partial charge on any atom is 0.200 e. The van der Waals surface area contributed by atoms with Gasteiger partial charge in [0.15, 0.2) is 0 Å². The van der Waals surface area contributed by atoms with E-state index >= 15 is 0 Å². The topological polar surface area (TPSA) is 71.8 Å². The van der Waals surface area contributed by atoms with Gasteiger partial charge >= 0.3 is 0 Å². The van der Waals surface area contributed by atoms with Crippen molar-refractivity contribution in [2.75, 3.05) is 14.2 Å². The van der Waals surface area contributed by atoms with E-state index in [1.54, 1.807) is 19.1 Å². The Kier molecular flexibility index (Phi) is 4.82. The summed E-state index contributed by atoms with van der Waals surface area (Å²) in [5, 5.41) is 18.6. The standard InChI is InChI=1S/C11H17NO4/c1-7(14)10-8(6-13)4-5-9(12-10)11(15-2)16-3/h4-5,7,11,13-14H,6H2,1-3H3/t7-/m0/s1. The first kappa shape index (κ1) is 13.1. The van der Waals surface area contributed by atoms with Gasteiger partial charge in [-0.15, -0.1) is 0 Å². The van der Waals surface area contributed by atoms with E-state index in [9.17, 15) is 5.11 Å². The molecule has 1 rings (SSSR count). The van der Waals surface area contributed by atoms with Crippen molar-refractivity contribution in [3.63, 3.8) is 0 Å². The van der Waals surface area contributed by atoms with Gasteiger partial charge in [-0.2, -0.15) is 0 Å². The lowest BCUT2D eigenvalue weighted by Crippen LogP contribution is -2.10. The highest BCUT2D eigenvalue weighted by molar-refractivity contribution is 5.24. The average Bonchev–Trinajstić information content (AvgIpc) is 2.30. The van der Waals surface area contributed by atoms with Crippen LogP contribution in [-0.4, -0.2) is 29.4 Å². The van der Waals surface area contributed by atoms with E-state index in [-0.39, 0.29) is 6.61 Å². The molecule has 5 nitrogen and oxygen atoms in total. The molecule has 0 radical (unpaired) electrons. The lowest BCUT2D eigenvalue weighted by Gasteiger charge is -2.16. The number of ether oxygens (including phenoxy) is 2. The zero-order chi connectivity index (χ0) is 12.1. The molecule has 1 aromatic rings. The van der Waals surface area contributed by atoms with Gasteiger partial charge < -0.3 is 19.7 Å². The molecule has 0 spiro atoms. The van der Waals surface area contributed by atoms with E-state index in [1.165, 1.54) is 14.2 Å². The van der Waals surface area contributed by atoms with Gasteiger partial charge in [-0.1, -0.05) is 6.07 Å². The Morgan fingerprint density at radius 3 is 2.38 bits per heavy atom. The minimum atomic E-state index is -0.739. The van der Waals surface area contributed by atoms with Crippen LogP contribution in [0.1, 0.15) is 36.3 Å². The molecule has 1 heterocycles. The Hall–Kier alpha value is -1.01. The number of aliphatic hydroxyl groups excluding tert-OH is 2. The first-order chi connectivity index (χ1) is 7.63. The van der Waals surface area contributed by atoms with Crippen LogP contribution >= 0.6 is 0 Å². The summed E-state index contributed by atoms with van der Waals surface area (Å²) in [7, 11) is 3.02. The van der Waals surface area contributed by atoms with Crippen LogP contribution in [0.4, 0.5) is 0 Å². The lowest BCUT2D eigenvalue weighted by molar-refractivity contribution is -0.108. The number of rotatable bonds is 5. The van der Waals surface area contributed by atoms with Crippen molar-refractivity contribution in [1.82, 2.24) is 4.98 Å². The van der Waals surface area contributed by atoms with Gasteiger partial charge in [0, 0.05) is 19.8 Å². The Balaban J connectivity index is 3.10. The molecular formula is C11H17NO4. The summed E-state index contributed by atoms with van der Waals surface area (Å²) in [5.41, 5.74) is 1.61. The Labute approximate surface area is 94.7 Å². The number of nitrogens with zero attached hydrogens (tertiary/aromatic N) is 1. The first-order valence-electron chi connectivity index (χ1n) is 4.98. The van der Waals surface area contributed by atoms with Gasteiger partial charge in [-0.25, -0.2) is 4.98 Å². The Morgan fingerprint density at radius 2 is 1.94 bits per heavy atom. The van der Waals surface area contributed by atoms with Gasteiger partial charge in [-0.05, 0) is 13.0 Å². The molecule has 0 amide bonds. The maximum atomic E-state index is 9.53. The van der Waals surface area contributed by atoms with E-state index in [0.717, 1.165) is 0 Å². The predicted molar refractivity (Wildman–Crippen MR) is 57.6 cm³/mol. The van der Waals surface area contributed by atoms with Crippen molar-refractivity contribution in [1.29, 1.82) is 0 Å². The van der Waals surface area contributed by atoms with Gasteiger partial charge in [0.25, 0.3) is 0 Å². The van der Waals surface area contributed by atoms with E-state index < -0.39 is 12.4 Å². The first-order valence-corrected chi connectivity index (χ1v) is 4.98. The molecule has 0 bridgehead atoms. The van der Waals surface area contributed by atoms with Crippen LogP contribution < -0.4 is 0 Å². The van der Waals surface area contributed by atoms with Crippen molar-refractivity contribution in [2.24, 2.45) is 0 Å². The second-order valence-electron chi connectivity index (χ2n) is 3.42. The quantitative estimate of drug-likeness (QED) is 0.732. The second kappa shape index (κ2) is 5.91. The zero-order valence-corrected chi connectivity index (χ0v) is 9.67. The predicted octanol–water partition coefficient (Wildman–Crippen LogP) is 0.919. The van der Waals surface area contributed by atoms with Gasteiger partial charge in [0.05, 0.1) is 24.1 Å². The Morgan fingerprint density at radius 1 is 1.31 bits per heavy atom. The molecule has 1 aromatic heterocycles. The van der Waals surface area contributed by atoms with Crippen LogP contribution in [0, 0.1) is 0 Å². The van der Waals surface area contributed by atoms with E-state index in [0.29, 0.717) is 17.0 Å². The van der Waals surface area contributed by atoms with Crippen LogP contribution in [0.2, 0.25) is 0 Å². The fourth-order valence-electron chi connectivity index (χ4n) is 1.48. The van der Waals surface area contributed by atoms with Crippen molar-refractivity contribution in [2.45, 2.75) is 25.9 Å². The number of hydrogen-bond acceptors (Lipinski definition) is 5. The number of methoxy groups -OCH3 is 2. The summed E-state index contributed by atoms with van der Waals surface area (Å²) < 4.78 is 10.1. The minimum Gasteiger partial charge on any atom is -0.392 e. The molecule has 90 valence electrons. The largest absolute Gasteiger partial charge is 0.392 e. The van der Waals surface area contributed by atoms with Crippen LogP contribution in [0.3, 0.4) is 0 Å². The smallest absolute Gasteiger partial charge is 0.200 e. The van der Waals surface area contributed by atoms with E-state index in [1.807, 2.05) is 0 Å². The van der Waals surface area contributed by atoms with Crippen molar-refractivity contribution in [3.05, 3.63) is 29.1 Å². The molecule has 1 atom stereocenters. The van der Waals surface area contributed by atoms with Gasteiger partial charge in [0.2, 0.25) is 6.29 Å². The summed E-state index contributed by atoms with van der Waals surface area (Å²) in [6.45, 7) is 1.44. The highest BCUT2D eigenvalue weighted by Gasteiger charge is 2.15. The molecule has 0 unspecified atom stereocenters. The van der Waals surface area contributed by atoms with Crippen LogP contribution in [-0.2, 0) is 16.1 Å². The third kappa shape index (κ3) is 2.76. The third-order valence-electron chi connectivity index (χ3n) is 2.27. The fraction of sp³-hybridized carbons (Fsp3) is 0.545. The third-order valence-corrected chi connectivity index (χ3v) is 2.27. The molecule has 0 saturated heterocycles. The normalized spacial score (nSPS) is 13.1. The van der Waals surface area contributed by atoms with Crippen LogP contribution in [0.15, 0.2) is 12.1 Å². The Bertz CT molecular complexity index is 337. The molecule has 16 heavy (non-hydrogen) atoms. The maximum absolute atomic E-state index is 9.53. The zero-order valence-electron chi connectivity index (χ0n) is 9.67. The summed E-state index contributed by atoms with van der Waals surface area (Å²) >= 11 is 0. The number of aromatic nitrogens is 1. The van der Waals surface area contributed by atoms with E-state index in [2.05, 4.69) is 4.98 Å². The summed E-state index contributed by atoms with van der Waals surface area (Å²) in [6, 6.07) is 3.41. The number of aliphatic hydroxyl groups is 2. The highest BCUT2D eigenvalue weighted by Crippen LogP contribution is 2.21. The lowest BCUT2D eigenvalue weighted by atomic mass is 10.1. The molecule has 0 aliphatic rings. The molecular weight excluding hydrogens is 210 g/mol. The average molecular weight is 227 g/mol. The number of hydrogen-bond donors (Lipinski definition) is 2. The highest BCUT2D eigenvalue weighted by atomic mass is 16.7. The molecule has 2 N–H and O–H groups in total. The minimum absolute atomic E-state index is 0.155. The summed E-state index contributed by atoms with van der Waals surface area (Å²) in [6.07, 6.45) is -1.30. The molecule has 0 fully saturated rings. The van der Waals surface area contributed by atoms with Gasteiger partial charge in [-0.3, -0.25) is 0 Å². The monoisotopic (exact) mass is 227 g/mol. The van der Waals surface area contributed by atoms with Crippen molar-refractivity contribution < 1.29 is 19.7 Å². The summed E-state index contributed by atoms with van der Waals surface area (Å²) in [5.74, 6) is 0. The van der Waals surface area contributed by atoms with E-state index in [4.69, 9.17) is 14.6 Å². The molecule has 0 aromatic carbocycles. The molecule has 0 saturated carbocycles. The molecule has 0 aliphatic carbocycles. The molecule has 0 aliphatic heterocycles. The summed E-state index contributed by atoms with van der Waals surface area (Å²) in [4.78, 5) is 4.23. The SMILES string of the molecule is COC(OC)c1ccc(CO)c([C@H](C)O)n1. The van der Waals surface area contributed by atoms with Crippen LogP contribution in [0.5, 0.6) is 0 Å². The number of pyridine rings is 1. The van der Waals surface area contributed by atoms with Crippen molar-refractivity contribution >= 4 is 0 Å². The van der Waals surface area contributed by atoms with Crippen molar-refractivity contribution in [3.8, 4) is 0 Å². The van der Waals surface area contributed by atoms with Gasteiger partial charge in [0.1, 0.15) is 0 Å².